The lowest BCUT2D eigenvalue weighted by Crippen LogP contribution is -2.25. The molecule has 1 N–H and O–H groups in total. The highest BCUT2D eigenvalue weighted by atomic mass is 16.5. The number of nitrogens with one attached hydrogen (secondary N) is 1. The molecule has 0 amide bonds. The van der Waals surface area contributed by atoms with Crippen molar-refractivity contribution in [3.8, 4) is 5.88 Å². The molecule has 0 radical (unpaired) electrons. The highest BCUT2D eigenvalue weighted by Crippen LogP contribution is 2.20. The van der Waals surface area contributed by atoms with Gasteiger partial charge in [0.25, 0.3) is 0 Å². The van der Waals surface area contributed by atoms with Gasteiger partial charge in [-0.1, -0.05) is 0 Å². The molecule has 1 aliphatic heterocycles. The second kappa shape index (κ2) is 6.91. The summed E-state index contributed by atoms with van der Waals surface area (Å²) in [5, 5.41) is 7.84. The number of nitrogens with zero attached hydrogens (tertiary/aromatic N) is 2. The average Bonchev–Trinajstić information content (AvgIpc) is 2.70. The molecule has 2 heterocycles. The summed E-state index contributed by atoms with van der Waals surface area (Å²) in [6, 6.07) is 0. The van der Waals surface area contributed by atoms with E-state index in [1.807, 2.05) is 14.0 Å². The van der Waals surface area contributed by atoms with Crippen molar-refractivity contribution in [1.82, 2.24) is 15.1 Å². The predicted octanol–water partition coefficient (Wildman–Crippen LogP) is 1.79. The van der Waals surface area contributed by atoms with Gasteiger partial charge in [0.15, 0.2) is 0 Å². The lowest BCUT2D eigenvalue weighted by molar-refractivity contribution is 0.0115. The molecule has 1 atom stereocenters. The smallest absolute Gasteiger partial charge is 0.216 e. The quantitative estimate of drug-likeness (QED) is 0.798. The predicted molar refractivity (Wildman–Crippen MR) is 74.4 cm³/mol. The first-order valence-corrected chi connectivity index (χ1v) is 7.11. The van der Waals surface area contributed by atoms with Gasteiger partial charge in [0.05, 0.1) is 24.5 Å². The van der Waals surface area contributed by atoms with Crippen LogP contribution >= 0.6 is 0 Å². The highest BCUT2D eigenvalue weighted by Gasteiger charge is 2.15. The van der Waals surface area contributed by atoms with Crippen molar-refractivity contribution in [2.24, 2.45) is 7.05 Å². The van der Waals surface area contributed by atoms with Gasteiger partial charge in [-0.25, -0.2) is 4.68 Å². The van der Waals surface area contributed by atoms with Crippen LogP contribution in [0.25, 0.3) is 0 Å². The van der Waals surface area contributed by atoms with Gasteiger partial charge in [0, 0.05) is 20.2 Å². The molecule has 0 bridgehead atoms. The standard InChI is InChI=1S/C14H25N3O2/c1-11-13(14(18-3)17(2)16-11)10-15-8-7-12-6-4-5-9-19-12/h12,15H,4-10H2,1-3H3. The zero-order valence-electron chi connectivity index (χ0n) is 12.2. The van der Waals surface area contributed by atoms with Gasteiger partial charge in [-0.2, -0.15) is 5.10 Å². The zero-order valence-corrected chi connectivity index (χ0v) is 12.2. The number of hydrogen-bond donors (Lipinski definition) is 1. The first-order valence-electron chi connectivity index (χ1n) is 7.11. The van der Waals surface area contributed by atoms with Crippen molar-refractivity contribution >= 4 is 0 Å². The number of hydrogen-bond acceptors (Lipinski definition) is 4. The molecular weight excluding hydrogens is 242 g/mol. The molecule has 1 aromatic rings. The number of aromatic nitrogens is 2. The SMILES string of the molecule is COc1c(CNCCC2CCCCO2)c(C)nn1C. The Morgan fingerprint density at radius 3 is 3.00 bits per heavy atom. The summed E-state index contributed by atoms with van der Waals surface area (Å²) in [5.74, 6) is 0.846. The van der Waals surface area contributed by atoms with Crippen LogP contribution in [0.2, 0.25) is 0 Å². The molecule has 1 aliphatic rings. The van der Waals surface area contributed by atoms with Crippen LogP contribution in [-0.4, -0.2) is 36.1 Å². The lowest BCUT2D eigenvalue weighted by Gasteiger charge is -2.22. The van der Waals surface area contributed by atoms with Gasteiger partial charge < -0.3 is 14.8 Å². The summed E-state index contributed by atoms with van der Waals surface area (Å²) in [6.07, 6.45) is 5.26. The van der Waals surface area contributed by atoms with E-state index in [2.05, 4.69) is 10.4 Å². The van der Waals surface area contributed by atoms with Gasteiger partial charge >= 0.3 is 0 Å². The van der Waals surface area contributed by atoms with E-state index in [0.29, 0.717) is 6.10 Å². The number of rotatable bonds is 6. The molecule has 1 unspecified atom stereocenters. The van der Waals surface area contributed by atoms with E-state index in [4.69, 9.17) is 9.47 Å². The van der Waals surface area contributed by atoms with Crippen LogP contribution in [0, 0.1) is 6.92 Å². The van der Waals surface area contributed by atoms with Crippen molar-refractivity contribution in [2.75, 3.05) is 20.3 Å². The fourth-order valence-electron chi connectivity index (χ4n) is 2.65. The monoisotopic (exact) mass is 267 g/mol. The van der Waals surface area contributed by atoms with E-state index in [0.717, 1.165) is 43.3 Å². The minimum atomic E-state index is 0.443. The van der Waals surface area contributed by atoms with E-state index >= 15 is 0 Å². The van der Waals surface area contributed by atoms with Crippen LogP contribution < -0.4 is 10.1 Å². The molecule has 1 aromatic heterocycles. The minimum Gasteiger partial charge on any atom is -0.481 e. The molecule has 2 rings (SSSR count). The molecule has 19 heavy (non-hydrogen) atoms. The Kier molecular flexibility index (Phi) is 5.22. The Balaban J connectivity index is 1.76. The second-order valence-electron chi connectivity index (χ2n) is 5.15. The Bertz CT molecular complexity index is 398. The molecule has 0 aliphatic carbocycles. The Morgan fingerprint density at radius 1 is 1.47 bits per heavy atom. The van der Waals surface area contributed by atoms with Gasteiger partial charge in [-0.3, -0.25) is 0 Å². The summed E-state index contributed by atoms with van der Waals surface area (Å²) < 4.78 is 12.9. The summed E-state index contributed by atoms with van der Waals surface area (Å²) in [4.78, 5) is 0. The fourth-order valence-corrected chi connectivity index (χ4v) is 2.65. The van der Waals surface area contributed by atoms with Crippen LogP contribution in [0.15, 0.2) is 0 Å². The molecule has 0 spiro atoms. The van der Waals surface area contributed by atoms with Crippen LogP contribution in [0.4, 0.5) is 0 Å². The lowest BCUT2D eigenvalue weighted by atomic mass is 10.1. The van der Waals surface area contributed by atoms with Gasteiger partial charge in [0.2, 0.25) is 5.88 Å². The first kappa shape index (κ1) is 14.3. The first-order chi connectivity index (χ1) is 9.22. The van der Waals surface area contributed by atoms with Gasteiger partial charge in [-0.05, 0) is 39.2 Å². The van der Waals surface area contributed by atoms with Crippen LogP contribution in [0.1, 0.15) is 36.9 Å². The number of ether oxygens (including phenoxy) is 2. The van der Waals surface area contributed by atoms with Crippen molar-refractivity contribution in [1.29, 1.82) is 0 Å². The molecule has 0 saturated carbocycles. The molecule has 108 valence electrons. The largest absolute Gasteiger partial charge is 0.481 e. The molecule has 5 nitrogen and oxygen atoms in total. The van der Waals surface area contributed by atoms with E-state index in [9.17, 15) is 0 Å². The third-order valence-corrected chi connectivity index (χ3v) is 3.70. The van der Waals surface area contributed by atoms with Crippen molar-refractivity contribution in [3.05, 3.63) is 11.3 Å². The maximum atomic E-state index is 5.72. The van der Waals surface area contributed by atoms with E-state index in [1.165, 1.54) is 19.3 Å². The van der Waals surface area contributed by atoms with Crippen molar-refractivity contribution in [3.63, 3.8) is 0 Å². The van der Waals surface area contributed by atoms with E-state index in [1.54, 1.807) is 11.8 Å². The van der Waals surface area contributed by atoms with Gasteiger partial charge in [-0.15, -0.1) is 0 Å². The van der Waals surface area contributed by atoms with E-state index < -0.39 is 0 Å². The topological polar surface area (TPSA) is 48.3 Å². The molecule has 0 aromatic carbocycles. The summed E-state index contributed by atoms with van der Waals surface area (Å²) >= 11 is 0. The molecular formula is C14H25N3O2. The van der Waals surface area contributed by atoms with Crippen molar-refractivity contribution < 1.29 is 9.47 Å². The number of methoxy groups -OCH3 is 1. The maximum Gasteiger partial charge on any atom is 0.216 e. The van der Waals surface area contributed by atoms with E-state index in [-0.39, 0.29) is 0 Å². The van der Waals surface area contributed by atoms with Crippen LogP contribution in [-0.2, 0) is 18.3 Å². The summed E-state index contributed by atoms with van der Waals surface area (Å²) in [5.41, 5.74) is 2.18. The Hall–Kier alpha value is -1.07. The molecule has 5 heteroatoms. The van der Waals surface area contributed by atoms with Gasteiger partial charge in [0.1, 0.15) is 0 Å². The highest BCUT2D eigenvalue weighted by molar-refractivity contribution is 5.30. The Labute approximate surface area is 115 Å². The second-order valence-corrected chi connectivity index (χ2v) is 5.15. The summed E-state index contributed by atoms with van der Waals surface area (Å²) in [7, 11) is 3.60. The molecule has 1 fully saturated rings. The maximum absolute atomic E-state index is 5.72. The average molecular weight is 267 g/mol. The minimum absolute atomic E-state index is 0.443. The third-order valence-electron chi connectivity index (χ3n) is 3.70. The summed E-state index contributed by atoms with van der Waals surface area (Å²) in [6.45, 7) is 4.72. The normalized spacial score (nSPS) is 19.6. The number of aryl methyl sites for hydroxylation is 2. The third kappa shape index (κ3) is 3.70. The Morgan fingerprint density at radius 2 is 2.32 bits per heavy atom. The molecule has 1 saturated heterocycles. The fraction of sp³-hybridized carbons (Fsp3) is 0.786. The van der Waals surface area contributed by atoms with Crippen LogP contribution in [0.3, 0.4) is 0 Å². The van der Waals surface area contributed by atoms with Crippen LogP contribution in [0.5, 0.6) is 5.88 Å². The van der Waals surface area contributed by atoms with Crippen molar-refractivity contribution in [2.45, 2.75) is 45.3 Å². The zero-order chi connectivity index (χ0) is 13.7.